The molecule has 6 nitrogen and oxygen atoms in total. The van der Waals surface area contributed by atoms with Crippen LogP contribution in [0.4, 0.5) is 26.3 Å². The molecule has 0 atom stereocenters. The summed E-state index contributed by atoms with van der Waals surface area (Å²) in [6, 6.07) is 0. The molecule has 0 aliphatic carbocycles. The van der Waals surface area contributed by atoms with Gasteiger partial charge in [0, 0.05) is 0 Å². The van der Waals surface area contributed by atoms with Gasteiger partial charge in [-0.1, -0.05) is 0 Å². The molecule has 0 radical (unpaired) electrons. The first-order valence-corrected chi connectivity index (χ1v) is 7.83. The van der Waals surface area contributed by atoms with Crippen molar-refractivity contribution in [3.8, 4) is 0 Å². The van der Waals surface area contributed by atoms with E-state index in [0.717, 1.165) is 4.67 Å². The van der Waals surface area contributed by atoms with Crippen LogP contribution < -0.4 is 0 Å². The summed E-state index contributed by atoms with van der Waals surface area (Å²) in [6.07, 6.45) is -8.17. The monoisotopic (exact) mass is 374 g/mol. The van der Waals surface area contributed by atoms with Crippen molar-refractivity contribution < 1.29 is 35.9 Å². The molecule has 13 heteroatoms. The Morgan fingerprint density at radius 2 is 1.30 bits per heavy atom. The van der Waals surface area contributed by atoms with Crippen LogP contribution in [-0.2, 0) is 9.57 Å². The fourth-order valence-electron chi connectivity index (χ4n) is 1.62. The largest absolute Gasteiger partial charge is 0.405 e. The number of halogens is 6. The highest BCUT2D eigenvalue weighted by molar-refractivity contribution is 7.58. The SMILES string of the molecule is CN(C)P(=NOC(F)(F)CF)(N(C)C)N(C)COC(F)(F)CF. The molecule has 0 saturated carbocycles. The molecule has 0 amide bonds. The minimum absolute atomic E-state index is 0.824. The fraction of sp³-hybridized carbons (Fsp3) is 1.00. The van der Waals surface area contributed by atoms with E-state index >= 15 is 0 Å². The maximum absolute atomic E-state index is 13.0. The molecule has 0 aliphatic rings. The van der Waals surface area contributed by atoms with Gasteiger partial charge in [-0.25, -0.2) is 13.5 Å². The van der Waals surface area contributed by atoms with E-state index in [-0.39, 0.29) is 0 Å². The second-order valence-corrected chi connectivity index (χ2v) is 8.40. The zero-order chi connectivity index (χ0) is 18.5. The third kappa shape index (κ3) is 6.20. The predicted molar refractivity (Wildman–Crippen MR) is 73.4 cm³/mol. The van der Waals surface area contributed by atoms with Crippen LogP contribution in [0.2, 0.25) is 0 Å². The van der Waals surface area contributed by atoms with Gasteiger partial charge in [0.1, 0.15) is 6.73 Å². The Bertz CT molecular complexity index is 412. The van der Waals surface area contributed by atoms with E-state index in [1.807, 2.05) is 0 Å². The second kappa shape index (κ2) is 8.63. The van der Waals surface area contributed by atoms with Crippen molar-refractivity contribution >= 4 is 7.51 Å². The smallest absolute Gasteiger partial charge is 0.302 e. The number of nitrogens with zero attached hydrogens (tertiary/aromatic N) is 4. The second-order valence-electron chi connectivity index (χ2n) is 4.88. The lowest BCUT2D eigenvalue weighted by atomic mass is 10.7. The molecule has 0 aromatic carbocycles. The van der Waals surface area contributed by atoms with Gasteiger partial charge >= 0.3 is 12.2 Å². The molecule has 0 bridgehead atoms. The Hall–Kier alpha value is -0.390. The van der Waals surface area contributed by atoms with Gasteiger partial charge in [0.2, 0.25) is 0 Å². The summed E-state index contributed by atoms with van der Waals surface area (Å²) in [6.45, 7) is -4.96. The summed E-state index contributed by atoms with van der Waals surface area (Å²) in [4.78, 5) is 7.37. The molecule has 0 rings (SSSR count). The standard InChI is InChI=1S/C10H21F6N4O2P/c1-18(2)23(19(3)4,17-22-10(15,16)7-12)20(5)8-21-9(13,14)6-11/h6-8H2,1-5H3. The molecule has 0 spiro atoms. The van der Waals surface area contributed by atoms with Gasteiger partial charge in [0.15, 0.2) is 20.9 Å². The summed E-state index contributed by atoms with van der Waals surface area (Å²) >= 11 is 0. The number of rotatable bonds is 10. The van der Waals surface area contributed by atoms with Crippen LogP contribution in [-0.4, -0.2) is 81.5 Å². The minimum atomic E-state index is -4.15. The van der Waals surface area contributed by atoms with Gasteiger partial charge in [-0.3, -0.25) is 9.34 Å². The number of hydrogen-bond acceptors (Lipinski definition) is 3. The highest BCUT2D eigenvalue weighted by Gasteiger charge is 2.39. The maximum atomic E-state index is 13.0. The molecule has 0 aromatic rings. The lowest BCUT2D eigenvalue weighted by Crippen LogP contribution is -2.37. The average molecular weight is 374 g/mol. The van der Waals surface area contributed by atoms with Crippen molar-refractivity contribution in [3.05, 3.63) is 0 Å². The van der Waals surface area contributed by atoms with Crippen molar-refractivity contribution in [2.75, 3.05) is 55.3 Å². The van der Waals surface area contributed by atoms with Gasteiger partial charge in [0.25, 0.3) is 0 Å². The van der Waals surface area contributed by atoms with Crippen LogP contribution in [0.3, 0.4) is 0 Å². The van der Waals surface area contributed by atoms with Gasteiger partial charge in [-0.2, -0.15) is 22.4 Å². The first-order valence-electron chi connectivity index (χ1n) is 6.23. The van der Waals surface area contributed by atoms with Crippen molar-refractivity contribution in [2.45, 2.75) is 12.2 Å². The van der Waals surface area contributed by atoms with Crippen molar-refractivity contribution in [1.82, 2.24) is 14.0 Å². The van der Waals surface area contributed by atoms with Gasteiger partial charge in [-0.05, 0) is 35.2 Å². The number of ether oxygens (including phenoxy) is 1. The van der Waals surface area contributed by atoms with E-state index in [1.165, 1.54) is 44.6 Å². The highest BCUT2D eigenvalue weighted by atomic mass is 31.2. The van der Waals surface area contributed by atoms with Gasteiger partial charge < -0.3 is 4.74 Å². The van der Waals surface area contributed by atoms with Crippen molar-refractivity contribution in [1.29, 1.82) is 0 Å². The Labute approximate surface area is 131 Å². The lowest BCUT2D eigenvalue weighted by Gasteiger charge is -2.41. The molecular formula is C10H21F6N4O2P. The molecule has 0 fully saturated rings. The van der Waals surface area contributed by atoms with Gasteiger partial charge in [0.05, 0.1) is 0 Å². The lowest BCUT2D eigenvalue weighted by molar-refractivity contribution is -0.257. The topological polar surface area (TPSA) is 40.5 Å². The molecule has 0 aliphatic heterocycles. The summed E-state index contributed by atoms with van der Waals surface area (Å²) in [5.41, 5.74) is 0. The van der Waals surface area contributed by atoms with Crippen LogP contribution in [0.25, 0.3) is 0 Å². The molecule has 0 aromatic heterocycles. The molecule has 140 valence electrons. The summed E-state index contributed by atoms with van der Waals surface area (Å²) in [5.74, 6) is 0. The van der Waals surface area contributed by atoms with E-state index in [0.29, 0.717) is 0 Å². The van der Waals surface area contributed by atoms with Crippen LogP contribution in [0.5, 0.6) is 0 Å². The van der Waals surface area contributed by atoms with E-state index < -0.39 is 39.8 Å². The average Bonchev–Trinajstić information content (AvgIpc) is 2.45. The zero-order valence-electron chi connectivity index (χ0n) is 13.4. The Morgan fingerprint density at radius 3 is 1.65 bits per heavy atom. The third-order valence-corrected chi connectivity index (χ3v) is 6.07. The Kier molecular flexibility index (Phi) is 8.49. The first kappa shape index (κ1) is 22.6. The Balaban J connectivity index is 5.55. The fourth-order valence-corrected chi connectivity index (χ4v) is 4.42. The van der Waals surface area contributed by atoms with Crippen LogP contribution in [0.15, 0.2) is 4.91 Å². The molecule has 23 heavy (non-hydrogen) atoms. The van der Waals surface area contributed by atoms with Crippen molar-refractivity contribution in [3.63, 3.8) is 0 Å². The normalized spacial score (nSPS) is 14.2. The first-order chi connectivity index (χ1) is 10.3. The molecule has 0 saturated heterocycles. The van der Waals surface area contributed by atoms with E-state index in [4.69, 9.17) is 0 Å². The van der Waals surface area contributed by atoms with Crippen LogP contribution >= 0.6 is 7.51 Å². The molecule has 0 unspecified atom stereocenters. The minimum Gasteiger partial charge on any atom is -0.302 e. The molecule has 0 N–H and O–H groups in total. The van der Waals surface area contributed by atoms with E-state index in [1.54, 1.807) is 0 Å². The summed E-state index contributed by atoms with van der Waals surface area (Å²) < 4.78 is 83.8. The van der Waals surface area contributed by atoms with Crippen LogP contribution in [0, 0.1) is 0 Å². The van der Waals surface area contributed by atoms with Crippen molar-refractivity contribution in [2.24, 2.45) is 4.91 Å². The van der Waals surface area contributed by atoms with E-state index in [9.17, 15) is 26.3 Å². The molecule has 0 heterocycles. The zero-order valence-corrected chi connectivity index (χ0v) is 14.3. The third-order valence-electron chi connectivity index (χ3n) is 2.59. The van der Waals surface area contributed by atoms with Crippen LogP contribution in [0.1, 0.15) is 0 Å². The number of alkyl halides is 6. The molecular weight excluding hydrogens is 353 g/mol. The maximum Gasteiger partial charge on any atom is 0.405 e. The summed E-state index contributed by atoms with van der Waals surface area (Å²) in [5, 5.41) is 0. The van der Waals surface area contributed by atoms with Gasteiger partial charge in [-0.15, -0.1) is 4.91 Å². The van der Waals surface area contributed by atoms with E-state index in [2.05, 4.69) is 14.5 Å². The quantitative estimate of drug-likeness (QED) is 0.255. The highest BCUT2D eigenvalue weighted by Crippen LogP contribution is 2.56. The predicted octanol–water partition coefficient (Wildman–Crippen LogP) is 3.02. The summed E-state index contributed by atoms with van der Waals surface area (Å²) in [7, 11) is 3.76. The Morgan fingerprint density at radius 1 is 0.870 bits per heavy atom. The number of hydrogen-bond donors (Lipinski definition) is 0.